The van der Waals surface area contributed by atoms with Gasteiger partial charge >= 0.3 is 0 Å². The molecule has 0 aromatic heterocycles. The maximum absolute atomic E-state index is 13.8. The first-order valence-electron chi connectivity index (χ1n) is 6.08. The largest absolute Gasteiger partial charge is 0.380 e. The van der Waals surface area contributed by atoms with E-state index in [-0.39, 0.29) is 18.2 Å². The van der Waals surface area contributed by atoms with Crippen molar-refractivity contribution in [3.8, 4) is 0 Å². The molecule has 1 fully saturated rings. The lowest BCUT2D eigenvalue weighted by Crippen LogP contribution is -2.34. The van der Waals surface area contributed by atoms with E-state index in [0.717, 1.165) is 13.0 Å². The molecular weight excluding hydrogens is 238 g/mol. The molecule has 1 aliphatic rings. The Morgan fingerprint density at radius 3 is 2.61 bits per heavy atom. The highest BCUT2D eigenvalue weighted by Gasteiger charge is 2.31. The lowest BCUT2D eigenvalue weighted by Gasteiger charge is -2.27. The lowest BCUT2D eigenvalue weighted by molar-refractivity contribution is 0.101. The summed E-state index contributed by atoms with van der Waals surface area (Å²) in [7, 11) is 1.65. The summed E-state index contributed by atoms with van der Waals surface area (Å²) in [4.78, 5) is 1.98. The van der Waals surface area contributed by atoms with Gasteiger partial charge in [-0.15, -0.1) is 0 Å². The van der Waals surface area contributed by atoms with Crippen LogP contribution in [0.2, 0.25) is 0 Å². The molecule has 0 amide bonds. The number of nitrogens with zero attached hydrogens (tertiary/aromatic N) is 1. The van der Waals surface area contributed by atoms with Gasteiger partial charge in [-0.2, -0.15) is 0 Å². The predicted octanol–water partition coefficient (Wildman–Crippen LogP) is 1.69. The van der Waals surface area contributed by atoms with Gasteiger partial charge in [-0.05, 0) is 18.6 Å². The molecule has 3 nitrogen and oxygen atoms in total. The lowest BCUT2D eigenvalue weighted by atomic mass is 10.0. The minimum atomic E-state index is -0.536. The van der Waals surface area contributed by atoms with Crippen molar-refractivity contribution in [2.24, 2.45) is 5.73 Å². The summed E-state index contributed by atoms with van der Waals surface area (Å²) in [6.45, 7) is 1.59. The third-order valence-electron chi connectivity index (χ3n) is 3.51. The summed E-state index contributed by atoms with van der Waals surface area (Å²) in [5, 5.41) is 0. The Kier molecular flexibility index (Phi) is 4.27. The van der Waals surface area contributed by atoms with Gasteiger partial charge in [0.1, 0.15) is 11.6 Å². The van der Waals surface area contributed by atoms with E-state index in [1.54, 1.807) is 7.11 Å². The van der Waals surface area contributed by atoms with E-state index in [9.17, 15) is 8.78 Å². The zero-order valence-electron chi connectivity index (χ0n) is 10.4. The van der Waals surface area contributed by atoms with Crippen LogP contribution in [-0.4, -0.2) is 37.7 Å². The van der Waals surface area contributed by atoms with Crippen LogP contribution in [0.3, 0.4) is 0 Å². The summed E-state index contributed by atoms with van der Waals surface area (Å²) in [5.74, 6) is -1.07. The minimum Gasteiger partial charge on any atom is -0.380 e. The van der Waals surface area contributed by atoms with E-state index in [4.69, 9.17) is 10.5 Å². The second-order valence-corrected chi connectivity index (χ2v) is 4.53. The van der Waals surface area contributed by atoms with Crippen LogP contribution >= 0.6 is 0 Å². The van der Waals surface area contributed by atoms with Gasteiger partial charge in [0.2, 0.25) is 0 Å². The molecule has 1 aromatic rings. The van der Waals surface area contributed by atoms with Crippen LogP contribution in [0.5, 0.6) is 0 Å². The number of nitrogens with two attached hydrogens (primary N) is 1. The predicted molar refractivity (Wildman–Crippen MR) is 65.1 cm³/mol. The maximum Gasteiger partial charge on any atom is 0.130 e. The van der Waals surface area contributed by atoms with Crippen molar-refractivity contribution in [2.75, 3.05) is 26.7 Å². The van der Waals surface area contributed by atoms with Crippen molar-refractivity contribution in [2.45, 2.75) is 18.6 Å². The maximum atomic E-state index is 13.8. The Morgan fingerprint density at radius 1 is 1.44 bits per heavy atom. The van der Waals surface area contributed by atoms with Gasteiger partial charge < -0.3 is 10.5 Å². The Balaban J connectivity index is 2.23. The van der Waals surface area contributed by atoms with Crippen LogP contribution in [0.4, 0.5) is 8.78 Å². The van der Waals surface area contributed by atoms with Crippen molar-refractivity contribution < 1.29 is 13.5 Å². The monoisotopic (exact) mass is 256 g/mol. The molecule has 0 aliphatic carbocycles. The van der Waals surface area contributed by atoms with E-state index >= 15 is 0 Å². The number of likely N-dealkylation sites (tertiary alicyclic amines) is 1. The van der Waals surface area contributed by atoms with E-state index < -0.39 is 17.7 Å². The molecular formula is C13H18F2N2O. The first kappa shape index (κ1) is 13.4. The number of ether oxygens (including phenoxy) is 1. The Labute approximate surface area is 106 Å². The molecule has 1 heterocycles. The second kappa shape index (κ2) is 5.73. The molecule has 2 atom stereocenters. The van der Waals surface area contributed by atoms with E-state index in [1.807, 2.05) is 4.90 Å². The van der Waals surface area contributed by atoms with Crippen LogP contribution in [0.1, 0.15) is 18.0 Å². The van der Waals surface area contributed by atoms with E-state index in [1.165, 1.54) is 18.2 Å². The second-order valence-electron chi connectivity index (χ2n) is 4.53. The number of methoxy groups -OCH3 is 1. The molecule has 0 bridgehead atoms. The van der Waals surface area contributed by atoms with Gasteiger partial charge in [0.05, 0.1) is 12.1 Å². The first-order chi connectivity index (χ1) is 8.67. The molecule has 0 saturated carbocycles. The van der Waals surface area contributed by atoms with Crippen LogP contribution < -0.4 is 5.73 Å². The Hall–Kier alpha value is -1.04. The standard InChI is InChI=1S/C13H18F2N2O/c1-18-9-5-6-17(8-9)12(7-16)13-10(14)3-2-4-11(13)15/h2-4,9,12H,5-8,16H2,1H3. The van der Waals surface area contributed by atoms with Crippen molar-refractivity contribution in [1.29, 1.82) is 0 Å². The zero-order chi connectivity index (χ0) is 13.1. The number of hydrogen-bond acceptors (Lipinski definition) is 3. The highest BCUT2D eigenvalue weighted by atomic mass is 19.1. The third kappa shape index (κ3) is 2.53. The van der Waals surface area contributed by atoms with Crippen molar-refractivity contribution in [3.05, 3.63) is 35.4 Å². The van der Waals surface area contributed by atoms with Gasteiger partial charge in [-0.3, -0.25) is 4.90 Å². The fraction of sp³-hybridized carbons (Fsp3) is 0.538. The zero-order valence-corrected chi connectivity index (χ0v) is 10.4. The Morgan fingerprint density at radius 2 is 2.11 bits per heavy atom. The van der Waals surface area contributed by atoms with Crippen LogP contribution in [0.15, 0.2) is 18.2 Å². The number of hydrogen-bond donors (Lipinski definition) is 1. The quantitative estimate of drug-likeness (QED) is 0.891. The SMILES string of the molecule is COC1CCN(C(CN)c2c(F)cccc2F)C1. The molecule has 0 radical (unpaired) electrons. The van der Waals surface area contributed by atoms with Gasteiger partial charge in [-0.25, -0.2) is 8.78 Å². The average molecular weight is 256 g/mol. The van der Waals surface area contributed by atoms with Crippen LogP contribution in [0.25, 0.3) is 0 Å². The molecule has 1 saturated heterocycles. The smallest absolute Gasteiger partial charge is 0.130 e. The van der Waals surface area contributed by atoms with Gasteiger partial charge in [0.25, 0.3) is 0 Å². The highest BCUT2D eigenvalue weighted by molar-refractivity contribution is 5.24. The van der Waals surface area contributed by atoms with Gasteiger partial charge in [-0.1, -0.05) is 6.07 Å². The van der Waals surface area contributed by atoms with Crippen LogP contribution in [0, 0.1) is 11.6 Å². The van der Waals surface area contributed by atoms with E-state index in [2.05, 4.69) is 0 Å². The van der Waals surface area contributed by atoms with Crippen molar-refractivity contribution in [1.82, 2.24) is 4.90 Å². The number of rotatable bonds is 4. The normalized spacial score (nSPS) is 22.3. The summed E-state index contributed by atoms with van der Waals surface area (Å²) < 4.78 is 32.8. The summed E-state index contributed by atoms with van der Waals surface area (Å²) >= 11 is 0. The molecule has 1 aliphatic heterocycles. The van der Waals surface area contributed by atoms with Crippen molar-refractivity contribution >= 4 is 0 Å². The highest BCUT2D eigenvalue weighted by Crippen LogP contribution is 2.28. The molecule has 1 aromatic carbocycles. The average Bonchev–Trinajstić information content (AvgIpc) is 2.82. The third-order valence-corrected chi connectivity index (χ3v) is 3.51. The molecule has 2 unspecified atom stereocenters. The molecule has 2 N–H and O–H groups in total. The molecule has 5 heteroatoms. The van der Waals surface area contributed by atoms with Crippen molar-refractivity contribution in [3.63, 3.8) is 0 Å². The minimum absolute atomic E-state index is 0.0664. The van der Waals surface area contributed by atoms with Crippen LogP contribution in [-0.2, 0) is 4.74 Å². The fourth-order valence-electron chi connectivity index (χ4n) is 2.51. The Bertz CT molecular complexity index is 394. The molecule has 2 rings (SSSR count). The fourth-order valence-corrected chi connectivity index (χ4v) is 2.51. The summed E-state index contributed by atoms with van der Waals surface area (Å²) in [6, 6.07) is 3.48. The first-order valence-corrected chi connectivity index (χ1v) is 6.08. The summed E-state index contributed by atoms with van der Waals surface area (Å²) in [5.41, 5.74) is 5.76. The van der Waals surface area contributed by atoms with E-state index in [0.29, 0.717) is 6.54 Å². The molecule has 18 heavy (non-hydrogen) atoms. The molecule has 0 spiro atoms. The number of benzene rings is 1. The van der Waals surface area contributed by atoms with Gasteiger partial charge in [0.15, 0.2) is 0 Å². The summed E-state index contributed by atoms with van der Waals surface area (Å²) in [6.07, 6.45) is 0.983. The molecule has 100 valence electrons. The van der Waals surface area contributed by atoms with Gasteiger partial charge in [0, 0.05) is 32.3 Å². The topological polar surface area (TPSA) is 38.5 Å². The number of halogens is 2.